The summed E-state index contributed by atoms with van der Waals surface area (Å²) in [5.41, 5.74) is 5.73. The summed E-state index contributed by atoms with van der Waals surface area (Å²) in [4.78, 5) is 7.50. The largest absolute Gasteiger partial charge is 0.437 e. The van der Waals surface area contributed by atoms with E-state index < -0.39 is 5.82 Å². The van der Waals surface area contributed by atoms with Gasteiger partial charge < -0.3 is 10.5 Å². The lowest BCUT2D eigenvalue weighted by Crippen LogP contribution is -1.97. The van der Waals surface area contributed by atoms with Crippen molar-refractivity contribution in [3.05, 3.63) is 40.0 Å². The van der Waals surface area contributed by atoms with Gasteiger partial charge in [0, 0.05) is 10.5 Å². The molecule has 2 rings (SSSR count). The first-order chi connectivity index (χ1) is 8.06. The smallest absolute Gasteiger partial charge is 0.247 e. The number of hydrogen-bond acceptors (Lipinski definition) is 4. The normalized spacial score (nSPS) is 10.3. The average Bonchev–Trinajstić information content (AvgIpc) is 2.23. The van der Waals surface area contributed by atoms with Crippen molar-refractivity contribution in [2.45, 2.75) is 0 Å². The first kappa shape index (κ1) is 12.1. The second kappa shape index (κ2) is 4.85. The van der Waals surface area contributed by atoms with E-state index in [2.05, 4.69) is 25.9 Å². The number of nitrogen functional groups attached to an aromatic ring is 1. The van der Waals surface area contributed by atoms with Gasteiger partial charge in [0.15, 0.2) is 5.15 Å². The van der Waals surface area contributed by atoms with Gasteiger partial charge in [-0.05, 0) is 12.1 Å². The van der Waals surface area contributed by atoms with Gasteiger partial charge >= 0.3 is 0 Å². The topological polar surface area (TPSA) is 61.0 Å². The molecule has 2 aromatic rings. The zero-order chi connectivity index (χ0) is 12.4. The summed E-state index contributed by atoms with van der Waals surface area (Å²) in [6.45, 7) is 0. The average molecular weight is 319 g/mol. The first-order valence-electron chi connectivity index (χ1n) is 4.46. The van der Waals surface area contributed by atoms with Gasteiger partial charge in [0.1, 0.15) is 23.6 Å². The summed E-state index contributed by atoms with van der Waals surface area (Å²) in [6.07, 6.45) is 1.21. The van der Waals surface area contributed by atoms with Gasteiger partial charge in [-0.1, -0.05) is 27.5 Å². The van der Waals surface area contributed by atoms with Crippen LogP contribution < -0.4 is 10.5 Å². The minimum atomic E-state index is -0.437. The Morgan fingerprint density at radius 1 is 1.29 bits per heavy atom. The van der Waals surface area contributed by atoms with Gasteiger partial charge in [-0.25, -0.2) is 9.37 Å². The number of nitrogens with zero attached hydrogens (tertiary/aromatic N) is 2. The van der Waals surface area contributed by atoms with Crippen molar-refractivity contribution < 1.29 is 9.13 Å². The summed E-state index contributed by atoms with van der Waals surface area (Å²) in [6, 6.07) is 4.10. The van der Waals surface area contributed by atoms with Gasteiger partial charge in [-0.2, -0.15) is 4.98 Å². The van der Waals surface area contributed by atoms with Crippen LogP contribution in [0.15, 0.2) is 29.0 Å². The van der Waals surface area contributed by atoms with Crippen LogP contribution >= 0.6 is 27.5 Å². The Balaban J connectivity index is 2.34. The number of anilines is 1. The zero-order valence-corrected chi connectivity index (χ0v) is 10.7. The lowest BCUT2D eigenvalue weighted by Gasteiger charge is -2.07. The van der Waals surface area contributed by atoms with Crippen LogP contribution in [0.5, 0.6) is 11.6 Å². The SMILES string of the molecule is Nc1c(Cl)ncnc1Oc1cc(F)cc(Br)c1. The van der Waals surface area contributed by atoms with Crippen molar-refractivity contribution in [2.75, 3.05) is 5.73 Å². The third-order valence-electron chi connectivity index (χ3n) is 1.85. The molecule has 17 heavy (non-hydrogen) atoms. The molecule has 0 aliphatic carbocycles. The number of nitrogens with two attached hydrogens (primary N) is 1. The van der Waals surface area contributed by atoms with Crippen molar-refractivity contribution >= 4 is 33.2 Å². The standard InChI is InChI=1S/C10H6BrClFN3O/c11-5-1-6(13)3-7(2-5)17-10-8(14)9(12)15-4-16-10/h1-4H,14H2. The highest BCUT2D eigenvalue weighted by atomic mass is 79.9. The summed E-state index contributed by atoms with van der Waals surface area (Å²) >= 11 is 8.85. The lowest BCUT2D eigenvalue weighted by atomic mass is 10.3. The molecule has 1 aromatic carbocycles. The van der Waals surface area contributed by atoms with E-state index in [0.29, 0.717) is 4.47 Å². The second-order valence-electron chi connectivity index (χ2n) is 3.09. The predicted molar refractivity (Wildman–Crippen MR) is 65.6 cm³/mol. The summed E-state index contributed by atoms with van der Waals surface area (Å²) < 4.78 is 19.0. The Morgan fingerprint density at radius 3 is 2.76 bits per heavy atom. The van der Waals surface area contributed by atoms with E-state index in [1.165, 1.54) is 18.5 Å². The molecule has 0 amide bonds. The van der Waals surface area contributed by atoms with Crippen LogP contribution in [-0.2, 0) is 0 Å². The van der Waals surface area contributed by atoms with Crippen molar-refractivity contribution in [3.63, 3.8) is 0 Å². The first-order valence-corrected chi connectivity index (χ1v) is 5.63. The summed E-state index contributed by atoms with van der Waals surface area (Å²) in [5.74, 6) is -0.0889. The zero-order valence-electron chi connectivity index (χ0n) is 8.32. The van der Waals surface area contributed by atoms with E-state index in [1.807, 2.05) is 0 Å². The fourth-order valence-corrected chi connectivity index (χ4v) is 1.71. The van der Waals surface area contributed by atoms with Crippen LogP contribution in [0.1, 0.15) is 0 Å². The van der Waals surface area contributed by atoms with E-state index >= 15 is 0 Å². The third kappa shape index (κ3) is 2.83. The van der Waals surface area contributed by atoms with Crippen LogP contribution in [0.3, 0.4) is 0 Å². The molecule has 0 fully saturated rings. The molecule has 0 aliphatic heterocycles. The van der Waals surface area contributed by atoms with Gasteiger partial charge in [0.2, 0.25) is 5.88 Å². The molecule has 1 heterocycles. The van der Waals surface area contributed by atoms with Crippen LogP contribution in [-0.4, -0.2) is 9.97 Å². The molecular weight excluding hydrogens is 312 g/mol. The Labute approximate surface area is 110 Å². The quantitative estimate of drug-likeness (QED) is 0.862. The molecule has 2 N–H and O–H groups in total. The minimum Gasteiger partial charge on any atom is -0.437 e. The molecule has 0 atom stereocenters. The number of ether oxygens (including phenoxy) is 1. The molecule has 0 aliphatic rings. The summed E-state index contributed by atoms with van der Waals surface area (Å²) in [5, 5.41) is 0.0884. The fraction of sp³-hybridized carbons (Fsp3) is 0. The van der Waals surface area contributed by atoms with Crippen LogP contribution in [0.2, 0.25) is 5.15 Å². The molecular formula is C10H6BrClFN3O. The molecule has 88 valence electrons. The Kier molecular flexibility index (Phi) is 3.44. The van der Waals surface area contributed by atoms with Crippen molar-refractivity contribution in [2.24, 2.45) is 0 Å². The maximum Gasteiger partial charge on any atom is 0.247 e. The Hall–Kier alpha value is -1.40. The van der Waals surface area contributed by atoms with E-state index in [-0.39, 0.29) is 22.5 Å². The maximum atomic E-state index is 13.1. The molecule has 0 bridgehead atoms. The second-order valence-corrected chi connectivity index (χ2v) is 4.36. The molecule has 0 saturated carbocycles. The summed E-state index contributed by atoms with van der Waals surface area (Å²) in [7, 11) is 0. The predicted octanol–water partition coefficient (Wildman–Crippen LogP) is 3.41. The molecule has 4 nitrogen and oxygen atoms in total. The van der Waals surface area contributed by atoms with Gasteiger partial charge in [0.05, 0.1) is 0 Å². The van der Waals surface area contributed by atoms with E-state index in [0.717, 1.165) is 0 Å². The van der Waals surface area contributed by atoms with Crippen LogP contribution in [0, 0.1) is 5.82 Å². The highest BCUT2D eigenvalue weighted by Gasteiger charge is 2.09. The number of rotatable bonds is 2. The van der Waals surface area contributed by atoms with Gasteiger partial charge in [-0.15, -0.1) is 0 Å². The fourth-order valence-electron chi connectivity index (χ4n) is 1.14. The third-order valence-corrected chi connectivity index (χ3v) is 2.61. The molecule has 0 unspecified atom stereocenters. The van der Waals surface area contributed by atoms with Crippen molar-refractivity contribution in [1.29, 1.82) is 0 Å². The number of hydrogen-bond donors (Lipinski definition) is 1. The highest BCUT2D eigenvalue weighted by molar-refractivity contribution is 9.10. The van der Waals surface area contributed by atoms with Gasteiger partial charge in [0.25, 0.3) is 0 Å². The minimum absolute atomic E-state index is 0.0856. The number of benzene rings is 1. The Bertz CT molecular complexity index is 547. The molecule has 0 radical (unpaired) electrons. The van der Waals surface area contributed by atoms with E-state index in [1.54, 1.807) is 6.07 Å². The lowest BCUT2D eigenvalue weighted by molar-refractivity contribution is 0.459. The van der Waals surface area contributed by atoms with Crippen LogP contribution in [0.25, 0.3) is 0 Å². The van der Waals surface area contributed by atoms with E-state index in [9.17, 15) is 4.39 Å². The highest BCUT2D eigenvalue weighted by Crippen LogP contribution is 2.30. The molecule has 0 spiro atoms. The maximum absolute atomic E-state index is 13.1. The Morgan fingerprint density at radius 2 is 2.06 bits per heavy atom. The van der Waals surface area contributed by atoms with Gasteiger partial charge in [-0.3, -0.25) is 0 Å². The van der Waals surface area contributed by atoms with Crippen LogP contribution in [0.4, 0.5) is 10.1 Å². The molecule has 1 aromatic heterocycles. The monoisotopic (exact) mass is 317 g/mol. The molecule has 7 heteroatoms. The van der Waals surface area contributed by atoms with Crippen molar-refractivity contribution in [1.82, 2.24) is 9.97 Å². The number of halogens is 3. The molecule has 0 saturated heterocycles. The van der Waals surface area contributed by atoms with E-state index in [4.69, 9.17) is 22.1 Å². The van der Waals surface area contributed by atoms with Crippen molar-refractivity contribution in [3.8, 4) is 11.6 Å². The number of aromatic nitrogens is 2.